The highest BCUT2D eigenvalue weighted by Gasteiger charge is 2.13. The number of rotatable bonds is 6. The predicted octanol–water partition coefficient (Wildman–Crippen LogP) is 2.95. The normalized spacial score (nSPS) is 11.8. The summed E-state index contributed by atoms with van der Waals surface area (Å²) < 4.78 is 0. The third-order valence-electron chi connectivity index (χ3n) is 3.53. The summed E-state index contributed by atoms with van der Waals surface area (Å²) >= 11 is 0. The summed E-state index contributed by atoms with van der Waals surface area (Å²) in [5.74, 6) is -1.17. The lowest BCUT2D eigenvalue weighted by atomic mass is 10.1. The summed E-state index contributed by atoms with van der Waals surface area (Å²) in [5, 5.41) is 11.6. The van der Waals surface area contributed by atoms with Crippen LogP contribution in [0.1, 0.15) is 30.9 Å². The number of urea groups is 1. The Kier molecular flexibility index (Phi) is 6.21. The Morgan fingerprint density at radius 1 is 1.33 bits per heavy atom. The van der Waals surface area contributed by atoms with E-state index in [1.165, 1.54) is 0 Å². The molecule has 1 rings (SSSR count). The van der Waals surface area contributed by atoms with E-state index in [2.05, 4.69) is 5.32 Å². The lowest BCUT2D eigenvalue weighted by Crippen LogP contribution is -2.38. The molecule has 0 aromatic heterocycles. The molecule has 116 valence electrons. The Morgan fingerprint density at radius 3 is 2.57 bits per heavy atom. The van der Waals surface area contributed by atoms with Crippen molar-refractivity contribution in [2.75, 3.05) is 18.5 Å². The van der Waals surface area contributed by atoms with E-state index in [1.54, 1.807) is 18.9 Å². The molecule has 0 bridgehead atoms. The fourth-order valence-electron chi connectivity index (χ4n) is 2.14. The number of carbonyl (C=O) groups excluding carboxylic acids is 1. The van der Waals surface area contributed by atoms with Crippen molar-refractivity contribution in [1.29, 1.82) is 0 Å². The monoisotopic (exact) mass is 292 g/mol. The summed E-state index contributed by atoms with van der Waals surface area (Å²) in [6, 6.07) is 5.76. The lowest BCUT2D eigenvalue weighted by molar-refractivity contribution is -0.141. The first kappa shape index (κ1) is 17.0. The van der Waals surface area contributed by atoms with Gasteiger partial charge in [0.15, 0.2) is 0 Å². The van der Waals surface area contributed by atoms with Crippen molar-refractivity contribution in [1.82, 2.24) is 5.32 Å². The molecule has 0 heterocycles. The number of aliphatic carboxylic acids is 1. The summed E-state index contributed by atoms with van der Waals surface area (Å²) in [5.41, 5.74) is 3.08. The van der Waals surface area contributed by atoms with E-state index in [4.69, 9.17) is 5.11 Å². The van der Waals surface area contributed by atoms with Crippen molar-refractivity contribution < 1.29 is 14.7 Å². The van der Waals surface area contributed by atoms with E-state index < -0.39 is 5.97 Å². The average Bonchev–Trinajstić information content (AvgIpc) is 2.42. The quantitative estimate of drug-likeness (QED) is 0.792. The van der Waals surface area contributed by atoms with Crippen LogP contribution < -0.4 is 10.2 Å². The van der Waals surface area contributed by atoms with Gasteiger partial charge in [0.2, 0.25) is 0 Å². The molecular formula is C16H24N2O3. The van der Waals surface area contributed by atoms with Gasteiger partial charge in [-0.15, -0.1) is 0 Å². The highest BCUT2D eigenvalue weighted by molar-refractivity contribution is 5.92. The zero-order valence-electron chi connectivity index (χ0n) is 13.1. The molecule has 21 heavy (non-hydrogen) atoms. The van der Waals surface area contributed by atoms with E-state index >= 15 is 0 Å². The van der Waals surface area contributed by atoms with Gasteiger partial charge in [-0.2, -0.15) is 0 Å². The fourth-order valence-corrected chi connectivity index (χ4v) is 2.14. The molecule has 0 fully saturated rings. The second kappa shape index (κ2) is 7.67. The van der Waals surface area contributed by atoms with Gasteiger partial charge in [0.05, 0.1) is 5.92 Å². The molecule has 0 radical (unpaired) electrons. The SMILES string of the molecule is Cc1ccc(N(C)C(=O)NCCCC(C)C(=O)O)c(C)c1. The number of nitrogens with zero attached hydrogens (tertiary/aromatic N) is 1. The minimum atomic E-state index is -0.797. The Labute approximate surface area is 126 Å². The van der Waals surface area contributed by atoms with Crippen LogP contribution in [0.15, 0.2) is 18.2 Å². The smallest absolute Gasteiger partial charge is 0.321 e. The van der Waals surface area contributed by atoms with E-state index in [0.29, 0.717) is 19.4 Å². The maximum Gasteiger partial charge on any atom is 0.321 e. The number of aryl methyl sites for hydroxylation is 2. The van der Waals surface area contributed by atoms with Crippen LogP contribution in [0.4, 0.5) is 10.5 Å². The third kappa shape index (κ3) is 5.10. The first-order valence-electron chi connectivity index (χ1n) is 7.14. The van der Waals surface area contributed by atoms with Crippen molar-refractivity contribution in [2.24, 2.45) is 5.92 Å². The van der Waals surface area contributed by atoms with Crippen molar-refractivity contribution in [3.05, 3.63) is 29.3 Å². The average molecular weight is 292 g/mol. The molecule has 5 heteroatoms. The maximum absolute atomic E-state index is 12.1. The summed E-state index contributed by atoms with van der Waals surface area (Å²) in [6.45, 7) is 6.14. The largest absolute Gasteiger partial charge is 0.481 e. The number of hydrogen-bond donors (Lipinski definition) is 2. The number of carboxylic acids is 1. The molecule has 1 aromatic carbocycles. The van der Waals surface area contributed by atoms with Crippen molar-refractivity contribution >= 4 is 17.7 Å². The lowest BCUT2D eigenvalue weighted by Gasteiger charge is -2.20. The maximum atomic E-state index is 12.1. The molecule has 1 atom stereocenters. The summed E-state index contributed by atoms with van der Waals surface area (Å²) in [7, 11) is 1.73. The van der Waals surface area contributed by atoms with Crippen LogP contribution in [0.3, 0.4) is 0 Å². The second-order valence-electron chi connectivity index (χ2n) is 5.46. The van der Waals surface area contributed by atoms with E-state index in [-0.39, 0.29) is 11.9 Å². The van der Waals surface area contributed by atoms with Crippen molar-refractivity contribution in [3.63, 3.8) is 0 Å². The molecule has 0 aliphatic heterocycles. The topological polar surface area (TPSA) is 69.6 Å². The molecule has 0 aliphatic rings. The first-order valence-corrected chi connectivity index (χ1v) is 7.14. The first-order chi connectivity index (χ1) is 9.82. The Morgan fingerprint density at radius 2 is 2.00 bits per heavy atom. The molecule has 0 saturated heterocycles. The standard InChI is InChI=1S/C16H24N2O3/c1-11-7-8-14(13(3)10-11)18(4)16(21)17-9-5-6-12(2)15(19)20/h7-8,10,12H,5-6,9H2,1-4H3,(H,17,21)(H,19,20). The summed E-state index contributed by atoms with van der Waals surface area (Å²) in [6.07, 6.45) is 1.21. The van der Waals surface area contributed by atoms with E-state index in [0.717, 1.165) is 16.8 Å². The van der Waals surface area contributed by atoms with Crippen LogP contribution in [-0.4, -0.2) is 30.7 Å². The zero-order valence-corrected chi connectivity index (χ0v) is 13.1. The van der Waals surface area contributed by atoms with E-state index in [9.17, 15) is 9.59 Å². The molecule has 2 N–H and O–H groups in total. The molecular weight excluding hydrogens is 268 g/mol. The van der Waals surface area contributed by atoms with Gasteiger partial charge < -0.3 is 10.4 Å². The molecule has 2 amide bonds. The van der Waals surface area contributed by atoms with Gasteiger partial charge in [0.25, 0.3) is 0 Å². The van der Waals surface area contributed by atoms with Gasteiger partial charge in [-0.05, 0) is 38.3 Å². The molecule has 5 nitrogen and oxygen atoms in total. The number of amides is 2. The number of anilines is 1. The van der Waals surface area contributed by atoms with Gasteiger partial charge in [0, 0.05) is 19.3 Å². The second-order valence-corrected chi connectivity index (χ2v) is 5.46. The highest BCUT2D eigenvalue weighted by atomic mass is 16.4. The minimum absolute atomic E-state index is 0.176. The third-order valence-corrected chi connectivity index (χ3v) is 3.53. The molecule has 0 aliphatic carbocycles. The Hall–Kier alpha value is -2.04. The summed E-state index contributed by atoms with van der Waals surface area (Å²) in [4.78, 5) is 24.3. The van der Waals surface area contributed by atoms with Crippen molar-refractivity contribution in [3.8, 4) is 0 Å². The molecule has 0 spiro atoms. The van der Waals surface area contributed by atoms with Crippen LogP contribution in [0.5, 0.6) is 0 Å². The van der Waals surface area contributed by atoms with E-state index in [1.807, 2.05) is 32.0 Å². The number of carbonyl (C=O) groups is 2. The number of benzene rings is 1. The highest BCUT2D eigenvalue weighted by Crippen LogP contribution is 2.19. The molecule has 0 saturated carbocycles. The van der Waals surface area contributed by atoms with Gasteiger partial charge in [-0.25, -0.2) is 4.79 Å². The predicted molar refractivity (Wildman–Crippen MR) is 83.8 cm³/mol. The number of hydrogen-bond acceptors (Lipinski definition) is 2. The van der Waals surface area contributed by atoms with Gasteiger partial charge in [-0.3, -0.25) is 9.69 Å². The van der Waals surface area contributed by atoms with Crippen molar-refractivity contribution in [2.45, 2.75) is 33.6 Å². The van der Waals surface area contributed by atoms with Crippen LogP contribution >= 0.6 is 0 Å². The fraction of sp³-hybridized carbons (Fsp3) is 0.500. The van der Waals surface area contributed by atoms with Crippen LogP contribution in [0.2, 0.25) is 0 Å². The van der Waals surface area contributed by atoms with Crippen LogP contribution in [0.25, 0.3) is 0 Å². The van der Waals surface area contributed by atoms with Crippen LogP contribution in [0, 0.1) is 19.8 Å². The van der Waals surface area contributed by atoms with Gasteiger partial charge >= 0.3 is 12.0 Å². The number of nitrogens with one attached hydrogen (secondary N) is 1. The minimum Gasteiger partial charge on any atom is -0.481 e. The zero-order chi connectivity index (χ0) is 16.0. The Bertz CT molecular complexity index is 514. The van der Waals surface area contributed by atoms with Crippen LogP contribution in [-0.2, 0) is 4.79 Å². The molecule has 1 unspecified atom stereocenters. The van der Waals surface area contributed by atoms with Gasteiger partial charge in [0.1, 0.15) is 0 Å². The number of carboxylic acid groups (broad SMARTS) is 1. The van der Waals surface area contributed by atoms with Gasteiger partial charge in [-0.1, -0.05) is 24.6 Å². The Balaban J connectivity index is 2.46. The molecule has 1 aromatic rings.